The summed E-state index contributed by atoms with van der Waals surface area (Å²) in [6.45, 7) is 6.32. The van der Waals surface area contributed by atoms with E-state index in [9.17, 15) is 0 Å². The van der Waals surface area contributed by atoms with Crippen molar-refractivity contribution >= 4 is 16.3 Å². The van der Waals surface area contributed by atoms with Gasteiger partial charge in [0.15, 0.2) is 0 Å². The van der Waals surface area contributed by atoms with Crippen LogP contribution in [0.4, 0.5) is 5.00 Å². The molecule has 0 aliphatic rings. The van der Waals surface area contributed by atoms with E-state index >= 15 is 0 Å². The second-order valence-electron chi connectivity index (χ2n) is 4.20. The summed E-state index contributed by atoms with van der Waals surface area (Å²) in [5.74, 6) is 0.884. The molecule has 0 fully saturated rings. The van der Waals surface area contributed by atoms with E-state index < -0.39 is 0 Å². The Labute approximate surface area is 106 Å². The number of benzene rings is 1. The molecule has 0 bridgehead atoms. The summed E-state index contributed by atoms with van der Waals surface area (Å²) in [5, 5.41) is 0.897. The molecule has 0 aliphatic heterocycles. The predicted octanol–water partition coefficient (Wildman–Crippen LogP) is 3.93. The Morgan fingerprint density at radius 1 is 1.18 bits per heavy atom. The second kappa shape index (κ2) is 4.41. The number of rotatable bonds is 2. The van der Waals surface area contributed by atoms with Crippen molar-refractivity contribution in [3.63, 3.8) is 0 Å². The molecular formula is C14H17NOS. The first-order valence-corrected chi connectivity index (χ1v) is 6.36. The van der Waals surface area contributed by atoms with Crippen molar-refractivity contribution in [2.24, 2.45) is 0 Å². The highest BCUT2D eigenvalue weighted by Gasteiger charge is 2.14. The maximum absolute atomic E-state index is 6.10. The van der Waals surface area contributed by atoms with Gasteiger partial charge in [0, 0.05) is 10.4 Å². The maximum Gasteiger partial charge on any atom is 0.119 e. The van der Waals surface area contributed by atoms with Gasteiger partial charge in [-0.3, -0.25) is 0 Å². The van der Waals surface area contributed by atoms with Crippen LogP contribution in [0.25, 0.3) is 11.1 Å². The van der Waals surface area contributed by atoms with E-state index in [1.165, 1.54) is 27.1 Å². The Morgan fingerprint density at radius 2 is 1.88 bits per heavy atom. The van der Waals surface area contributed by atoms with Gasteiger partial charge in [0.05, 0.1) is 12.1 Å². The van der Waals surface area contributed by atoms with Gasteiger partial charge in [0.25, 0.3) is 0 Å². The smallest absolute Gasteiger partial charge is 0.119 e. The largest absolute Gasteiger partial charge is 0.497 e. The van der Waals surface area contributed by atoms with Gasteiger partial charge in [0.2, 0.25) is 0 Å². The van der Waals surface area contributed by atoms with E-state index in [1.807, 2.05) is 12.1 Å². The average Bonchev–Trinajstić information content (AvgIpc) is 2.54. The molecule has 0 amide bonds. The molecule has 17 heavy (non-hydrogen) atoms. The third-order valence-electron chi connectivity index (χ3n) is 3.12. The topological polar surface area (TPSA) is 35.2 Å². The van der Waals surface area contributed by atoms with Crippen LogP contribution in [0, 0.1) is 20.8 Å². The van der Waals surface area contributed by atoms with E-state index in [1.54, 1.807) is 18.4 Å². The first-order chi connectivity index (χ1) is 8.04. The van der Waals surface area contributed by atoms with Gasteiger partial charge in [0.1, 0.15) is 5.75 Å². The molecule has 0 atom stereocenters. The highest BCUT2D eigenvalue weighted by Crippen LogP contribution is 2.40. The molecule has 0 aliphatic carbocycles. The van der Waals surface area contributed by atoms with E-state index in [-0.39, 0.29) is 0 Å². The van der Waals surface area contributed by atoms with Crippen LogP contribution in [-0.4, -0.2) is 7.11 Å². The number of aryl methyl sites for hydroxylation is 2. The fraction of sp³-hybridized carbons (Fsp3) is 0.286. The molecule has 0 saturated carbocycles. The number of ether oxygens (including phenoxy) is 1. The van der Waals surface area contributed by atoms with Crippen LogP contribution in [0.3, 0.4) is 0 Å². The van der Waals surface area contributed by atoms with E-state index in [0.29, 0.717) is 0 Å². The van der Waals surface area contributed by atoms with Gasteiger partial charge in [-0.2, -0.15) is 0 Å². The molecule has 1 heterocycles. The predicted molar refractivity (Wildman–Crippen MR) is 74.9 cm³/mol. The SMILES string of the molecule is COc1ccc(-c2c(N)sc(C)c2C)c(C)c1. The average molecular weight is 247 g/mol. The van der Waals surface area contributed by atoms with Gasteiger partial charge < -0.3 is 10.5 Å². The van der Waals surface area contributed by atoms with Crippen LogP contribution < -0.4 is 10.5 Å². The van der Waals surface area contributed by atoms with Crippen molar-refractivity contribution < 1.29 is 4.74 Å². The lowest BCUT2D eigenvalue weighted by Gasteiger charge is -2.09. The summed E-state index contributed by atoms with van der Waals surface area (Å²) >= 11 is 1.66. The standard InChI is InChI=1S/C14H17NOS/c1-8-7-11(16-4)5-6-12(8)13-9(2)10(3)17-14(13)15/h5-7H,15H2,1-4H3. The Kier molecular flexibility index (Phi) is 3.11. The van der Waals surface area contributed by atoms with E-state index in [2.05, 4.69) is 26.8 Å². The highest BCUT2D eigenvalue weighted by atomic mass is 32.1. The van der Waals surface area contributed by atoms with Crippen molar-refractivity contribution in [1.29, 1.82) is 0 Å². The number of hydrogen-bond acceptors (Lipinski definition) is 3. The van der Waals surface area contributed by atoms with Gasteiger partial charge in [-0.1, -0.05) is 6.07 Å². The number of methoxy groups -OCH3 is 1. The number of hydrogen-bond donors (Lipinski definition) is 1. The van der Waals surface area contributed by atoms with Crippen molar-refractivity contribution in [3.8, 4) is 16.9 Å². The minimum Gasteiger partial charge on any atom is -0.497 e. The maximum atomic E-state index is 6.10. The van der Waals surface area contributed by atoms with E-state index in [4.69, 9.17) is 10.5 Å². The van der Waals surface area contributed by atoms with Crippen LogP contribution in [0.1, 0.15) is 16.0 Å². The molecule has 2 N–H and O–H groups in total. The lowest BCUT2D eigenvalue weighted by molar-refractivity contribution is 0.414. The molecule has 2 aromatic rings. The zero-order valence-corrected chi connectivity index (χ0v) is 11.4. The number of nitrogen functional groups attached to an aromatic ring is 1. The first-order valence-electron chi connectivity index (χ1n) is 5.55. The molecule has 3 heteroatoms. The van der Waals surface area contributed by atoms with Crippen LogP contribution in [0.5, 0.6) is 5.75 Å². The summed E-state index contributed by atoms with van der Waals surface area (Å²) in [4.78, 5) is 1.28. The summed E-state index contributed by atoms with van der Waals surface area (Å²) < 4.78 is 5.22. The number of thiophene rings is 1. The van der Waals surface area contributed by atoms with Gasteiger partial charge in [-0.15, -0.1) is 11.3 Å². The second-order valence-corrected chi connectivity index (χ2v) is 5.46. The number of nitrogens with two attached hydrogens (primary N) is 1. The zero-order valence-electron chi connectivity index (χ0n) is 10.6. The fourth-order valence-corrected chi connectivity index (χ4v) is 2.98. The third-order valence-corrected chi connectivity index (χ3v) is 4.15. The van der Waals surface area contributed by atoms with Crippen LogP contribution in [-0.2, 0) is 0 Å². The lowest BCUT2D eigenvalue weighted by Crippen LogP contribution is -1.91. The molecule has 2 nitrogen and oxygen atoms in total. The minimum absolute atomic E-state index is 0.884. The zero-order chi connectivity index (χ0) is 12.6. The summed E-state index contributed by atoms with van der Waals surface area (Å²) in [6.07, 6.45) is 0. The molecule has 1 aromatic heterocycles. The summed E-state index contributed by atoms with van der Waals surface area (Å²) in [6, 6.07) is 6.11. The summed E-state index contributed by atoms with van der Waals surface area (Å²) in [5.41, 5.74) is 10.9. The molecule has 0 unspecified atom stereocenters. The van der Waals surface area contributed by atoms with Crippen molar-refractivity contribution in [2.45, 2.75) is 20.8 Å². The molecule has 90 valence electrons. The first kappa shape index (κ1) is 12.0. The molecule has 0 spiro atoms. The van der Waals surface area contributed by atoms with Gasteiger partial charge in [-0.05, 0) is 49.6 Å². The van der Waals surface area contributed by atoms with Crippen LogP contribution >= 0.6 is 11.3 Å². The molecule has 0 radical (unpaired) electrons. The highest BCUT2D eigenvalue weighted by molar-refractivity contribution is 7.16. The van der Waals surface area contributed by atoms with Crippen LogP contribution in [0.2, 0.25) is 0 Å². The Hall–Kier alpha value is -1.48. The monoisotopic (exact) mass is 247 g/mol. The Bertz CT molecular complexity index is 558. The minimum atomic E-state index is 0.884. The number of anilines is 1. The molecular weight excluding hydrogens is 230 g/mol. The van der Waals surface area contributed by atoms with Gasteiger partial charge in [-0.25, -0.2) is 0 Å². The lowest BCUT2D eigenvalue weighted by atomic mass is 9.98. The normalized spacial score (nSPS) is 10.6. The van der Waals surface area contributed by atoms with E-state index in [0.717, 1.165) is 10.8 Å². The molecule has 2 rings (SSSR count). The third kappa shape index (κ3) is 2.03. The quantitative estimate of drug-likeness (QED) is 0.872. The van der Waals surface area contributed by atoms with Gasteiger partial charge >= 0.3 is 0 Å². The fourth-order valence-electron chi connectivity index (χ4n) is 2.03. The molecule has 1 aromatic carbocycles. The van der Waals surface area contributed by atoms with Crippen LogP contribution in [0.15, 0.2) is 18.2 Å². The molecule has 0 saturated heterocycles. The van der Waals surface area contributed by atoms with Crippen molar-refractivity contribution in [3.05, 3.63) is 34.2 Å². The Morgan fingerprint density at radius 3 is 2.35 bits per heavy atom. The Balaban J connectivity index is 2.60. The van der Waals surface area contributed by atoms with Crippen molar-refractivity contribution in [2.75, 3.05) is 12.8 Å². The summed E-state index contributed by atoms with van der Waals surface area (Å²) in [7, 11) is 1.68. The van der Waals surface area contributed by atoms with Crippen molar-refractivity contribution in [1.82, 2.24) is 0 Å².